The fraction of sp³-hybridized carbons (Fsp3) is 0.333. The Morgan fingerprint density at radius 1 is 1.26 bits per heavy atom. The number of rotatable bonds is 5. The highest BCUT2D eigenvalue weighted by atomic mass is 32.1. The lowest BCUT2D eigenvalue weighted by molar-refractivity contribution is 0.293. The van der Waals surface area contributed by atoms with Gasteiger partial charge in [0.15, 0.2) is 11.6 Å². The van der Waals surface area contributed by atoms with Crippen molar-refractivity contribution in [2.45, 2.75) is 32.9 Å². The molecule has 0 aliphatic carbocycles. The Kier molecular flexibility index (Phi) is 4.56. The van der Waals surface area contributed by atoms with E-state index in [0.717, 1.165) is 16.9 Å². The second kappa shape index (κ2) is 6.17. The summed E-state index contributed by atoms with van der Waals surface area (Å²) in [7, 11) is 0. The average molecular weight is 279 g/mol. The van der Waals surface area contributed by atoms with Crippen LogP contribution in [0, 0.1) is 5.82 Å². The molecule has 2 aromatic rings. The van der Waals surface area contributed by atoms with Crippen molar-refractivity contribution in [3.8, 4) is 5.75 Å². The summed E-state index contributed by atoms with van der Waals surface area (Å²) >= 11 is 1.70. The van der Waals surface area contributed by atoms with E-state index in [1.54, 1.807) is 23.5 Å². The highest BCUT2D eigenvalue weighted by molar-refractivity contribution is 7.11. The maximum absolute atomic E-state index is 13.8. The normalized spacial score (nSPS) is 12.4. The molecule has 4 heteroatoms. The molecule has 19 heavy (non-hydrogen) atoms. The molecule has 0 saturated carbocycles. The van der Waals surface area contributed by atoms with Crippen molar-refractivity contribution in [2.24, 2.45) is 5.73 Å². The molecular weight excluding hydrogens is 261 g/mol. The zero-order valence-corrected chi connectivity index (χ0v) is 12.0. The number of halogens is 1. The molecule has 0 amide bonds. The van der Waals surface area contributed by atoms with Gasteiger partial charge in [-0.2, -0.15) is 0 Å². The molecule has 1 heterocycles. The Labute approximate surface area is 117 Å². The predicted molar refractivity (Wildman–Crippen MR) is 77.0 cm³/mol. The number of hydrogen-bond donors (Lipinski definition) is 1. The van der Waals surface area contributed by atoms with Gasteiger partial charge in [0.1, 0.15) is 6.61 Å². The van der Waals surface area contributed by atoms with Crippen LogP contribution in [0.15, 0.2) is 30.3 Å². The number of aryl methyl sites for hydroxylation is 1. The van der Waals surface area contributed by atoms with E-state index in [0.29, 0.717) is 6.61 Å². The molecule has 102 valence electrons. The molecule has 0 spiro atoms. The van der Waals surface area contributed by atoms with Gasteiger partial charge in [0.2, 0.25) is 0 Å². The zero-order chi connectivity index (χ0) is 13.8. The molecule has 0 aliphatic heterocycles. The summed E-state index contributed by atoms with van der Waals surface area (Å²) in [5, 5.41) is 0. The summed E-state index contributed by atoms with van der Waals surface area (Å²) in [5.74, 6) is -0.0853. The molecule has 0 aliphatic rings. The van der Waals surface area contributed by atoms with Gasteiger partial charge in [-0.25, -0.2) is 4.39 Å². The molecule has 2 N–H and O–H groups in total. The van der Waals surface area contributed by atoms with Crippen LogP contribution in [-0.2, 0) is 13.0 Å². The first kappa shape index (κ1) is 14.0. The Morgan fingerprint density at radius 2 is 2.00 bits per heavy atom. The van der Waals surface area contributed by atoms with Crippen molar-refractivity contribution in [1.29, 1.82) is 0 Å². The number of nitrogens with two attached hydrogens (primary N) is 1. The van der Waals surface area contributed by atoms with E-state index in [4.69, 9.17) is 10.5 Å². The highest BCUT2D eigenvalue weighted by Crippen LogP contribution is 2.24. The van der Waals surface area contributed by atoms with E-state index in [1.165, 1.54) is 10.9 Å². The fourth-order valence-corrected chi connectivity index (χ4v) is 2.63. The van der Waals surface area contributed by atoms with Gasteiger partial charge in [-0.3, -0.25) is 0 Å². The van der Waals surface area contributed by atoms with Crippen LogP contribution in [0.5, 0.6) is 5.75 Å². The van der Waals surface area contributed by atoms with Crippen molar-refractivity contribution in [3.05, 3.63) is 51.5 Å². The lowest BCUT2D eigenvalue weighted by atomic mass is 10.1. The quantitative estimate of drug-likeness (QED) is 0.896. The van der Waals surface area contributed by atoms with Crippen molar-refractivity contribution >= 4 is 11.3 Å². The minimum Gasteiger partial charge on any atom is -0.485 e. The summed E-state index contributed by atoms with van der Waals surface area (Å²) < 4.78 is 19.3. The van der Waals surface area contributed by atoms with Crippen molar-refractivity contribution in [2.75, 3.05) is 0 Å². The molecule has 2 nitrogen and oxygen atoms in total. The van der Waals surface area contributed by atoms with Crippen LogP contribution >= 0.6 is 11.3 Å². The maximum Gasteiger partial charge on any atom is 0.165 e. The summed E-state index contributed by atoms with van der Waals surface area (Å²) in [6.45, 7) is 4.34. The number of hydrogen-bond acceptors (Lipinski definition) is 3. The van der Waals surface area contributed by atoms with E-state index in [2.05, 4.69) is 13.0 Å². The minimum absolute atomic E-state index is 0.173. The molecule has 0 bridgehead atoms. The Morgan fingerprint density at radius 3 is 2.58 bits per heavy atom. The SMILES string of the molecule is CCc1ccc(COc2ccc([C@@H](C)N)cc2F)s1. The standard InChI is InChI=1S/C15H18FNOS/c1-3-12-5-6-13(19-12)9-18-15-7-4-11(10(2)17)8-14(15)16/h4-8,10H,3,9,17H2,1-2H3/t10-/m1/s1. The Hall–Kier alpha value is -1.39. The lowest BCUT2D eigenvalue weighted by Gasteiger charge is -2.09. The van der Waals surface area contributed by atoms with Gasteiger partial charge in [-0.05, 0) is 43.2 Å². The van der Waals surface area contributed by atoms with E-state index < -0.39 is 0 Å². The third-order valence-electron chi connectivity index (χ3n) is 2.92. The van der Waals surface area contributed by atoms with Crippen molar-refractivity contribution in [1.82, 2.24) is 0 Å². The first-order valence-corrected chi connectivity index (χ1v) is 7.17. The van der Waals surface area contributed by atoms with Crippen LogP contribution in [0.25, 0.3) is 0 Å². The Balaban J connectivity index is 2.03. The van der Waals surface area contributed by atoms with Gasteiger partial charge >= 0.3 is 0 Å². The summed E-state index contributed by atoms with van der Waals surface area (Å²) in [6, 6.07) is 8.81. The van der Waals surface area contributed by atoms with Crippen molar-refractivity contribution < 1.29 is 9.13 Å². The molecule has 0 unspecified atom stereocenters. The minimum atomic E-state index is -0.359. The monoisotopic (exact) mass is 279 g/mol. The second-order valence-electron chi connectivity index (χ2n) is 4.49. The smallest absolute Gasteiger partial charge is 0.165 e. The third kappa shape index (κ3) is 3.55. The van der Waals surface area contributed by atoms with Crippen LogP contribution in [0.2, 0.25) is 0 Å². The number of benzene rings is 1. The van der Waals surface area contributed by atoms with E-state index in [9.17, 15) is 4.39 Å². The lowest BCUT2D eigenvalue weighted by Crippen LogP contribution is -2.05. The van der Waals surface area contributed by atoms with Crippen LogP contribution in [-0.4, -0.2) is 0 Å². The van der Waals surface area contributed by atoms with Gasteiger partial charge in [0.25, 0.3) is 0 Å². The van der Waals surface area contributed by atoms with Crippen molar-refractivity contribution in [3.63, 3.8) is 0 Å². The topological polar surface area (TPSA) is 35.2 Å². The first-order valence-electron chi connectivity index (χ1n) is 6.35. The molecule has 0 saturated heterocycles. The van der Waals surface area contributed by atoms with Gasteiger partial charge in [-0.15, -0.1) is 11.3 Å². The van der Waals surface area contributed by atoms with Crippen LogP contribution < -0.4 is 10.5 Å². The highest BCUT2D eigenvalue weighted by Gasteiger charge is 2.08. The molecule has 2 rings (SSSR count). The Bertz CT molecular complexity index is 551. The van der Waals surface area contributed by atoms with E-state index >= 15 is 0 Å². The molecule has 0 radical (unpaired) electrons. The second-order valence-corrected chi connectivity index (χ2v) is 5.74. The van der Waals surface area contributed by atoms with Crippen LogP contribution in [0.1, 0.15) is 35.2 Å². The van der Waals surface area contributed by atoms with Gasteiger partial charge < -0.3 is 10.5 Å². The molecular formula is C15H18FNOS. The zero-order valence-electron chi connectivity index (χ0n) is 11.2. The summed E-state index contributed by atoms with van der Waals surface area (Å²) in [6.07, 6.45) is 1.02. The number of ether oxygens (including phenoxy) is 1. The van der Waals surface area contributed by atoms with Crippen LogP contribution in [0.3, 0.4) is 0 Å². The van der Waals surface area contributed by atoms with Gasteiger partial charge in [0, 0.05) is 15.8 Å². The molecule has 1 aromatic heterocycles. The van der Waals surface area contributed by atoms with Gasteiger partial charge in [-0.1, -0.05) is 13.0 Å². The van der Waals surface area contributed by atoms with E-state index in [-0.39, 0.29) is 17.6 Å². The largest absolute Gasteiger partial charge is 0.485 e. The van der Waals surface area contributed by atoms with E-state index in [1.807, 2.05) is 13.0 Å². The van der Waals surface area contributed by atoms with Gasteiger partial charge in [0.05, 0.1) is 0 Å². The molecule has 0 fully saturated rings. The predicted octanol–water partition coefficient (Wildman–Crippen LogP) is 4.05. The third-order valence-corrected chi connectivity index (χ3v) is 4.12. The van der Waals surface area contributed by atoms with Crippen LogP contribution in [0.4, 0.5) is 4.39 Å². The average Bonchev–Trinajstić information content (AvgIpc) is 2.85. The molecule has 1 atom stereocenters. The molecule has 1 aromatic carbocycles. The fourth-order valence-electron chi connectivity index (χ4n) is 1.76. The first-order chi connectivity index (χ1) is 9.10. The summed E-state index contributed by atoms with van der Waals surface area (Å²) in [4.78, 5) is 2.42. The number of thiophene rings is 1. The maximum atomic E-state index is 13.8. The summed E-state index contributed by atoms with van der Waals surface area (Å²) in [5.41, 5.74) is 6.48.